The molecule has 3 aromatic rings. The number of aryl methyl sites for hydroxylation is 2. The maximum Gasteiger partial charge on any atom is 0.414 e. The van der Waals surface area contributed by atoms with Crippen LogP contribution in [0.1, 0.15) is 23.7 Å². The van der Waals surface area contributed by atoms with E-state index in [9.17, 15) is 14.0 Å². The highest BCUT2D eigenvalue weighted by Gasteiger charge is 2.32. The fourth-order valence-corrected chi connectivity index (χ4v) is 4.25. The van der Waals surface area contributed by atoms with E-state index in [1.54, 1.807) is 16.8 Å². The molecule has 0 saturated carbocycles. The number of ether oxygens (including phenoxy) is 1. The molecule has 0 aliphatic carbocycles. The third-order valence-electron chi connectivity index (χ3n) is 5.88. The molecule has 1 unspecified atom stereocenters. The summed E-state index contributed by atoms with van der Waals surface area (Å²) in [6, 6.07) is 12.3. The van der Waals surface area contributed by atoms with Crippen molar-refractivity contribution in [1.29, 1.82) is 0 Å². The van der Waals surface area contributed by atoms with Gasteiger partial charge in [-0.15, -0.1) is 0 Å². The van der Waals surface area contributed by atoms with Gasteiger partial charge in [-0.1, -0.05) is 35.9 Å². The van der Waals surface area contributed by atoms with Gasteiger partial charge in [0.15, 0.2) is 0 Å². The van der Waals surface area contributed by atoms with E-state index >= 15 is 0 Å². The molecule has 10 heteroatoms. The molecule has 2 N–H and O–H groups in total. The molecular weight excluding hydrogens is 473 g/mol. The molecule has 1 aromatic heterocycles. The Kier molecular flexibility index (Phi) is 7.37. The Bertz CT molecular complexity index is 1240. The number of halogens is 2. The zero-order chi connectivity index (χ0) is 25.1. The van der Waals surface area contributed by atoms with E-state index in [2.05, 4.69) is 15.7 Å². The first-order valence-electron chi connectivity index (χ1n) is 11.2. The molecule has 0 spiro atoms. The van der Waals surface area contributed by atoms with Gasteiger partial charge in [0.25, 0.3) is 0 Å². The van der Waals surface area contributed by atoms with Gasteiger partial charge in [0.1, 0.15) is 17.1 Å². The number of hydrogen-bond acceptors (Lipinski definition) is 5. The Morgan fingerprint density at radius 2 is 1.97 bits per heavy atom. The smallest absolute Gasteiger partial charge is 0.414 e. The van der Waals surface area contributed by atoms with Crippen LogP contribution in [-0.4, -0.2) is 41.0 Å². The van der Waals surface area contributed by atoms with Gasteiger partial charge in [0.2, 0.25) is 5.91 Å². The molecule has 8 nitrogen and oxygen atoms in total. The molecule has 4 rings (SSSR count). The third kappa shape index (κ3) is 5.63. The molecule has 184 valence electrons. The van der Waals surface area contributed by atoms with Crippen molar-refractivity contribution in [2.24, 2.45) is 7.05 Å². The fraction of sp³-hybridized carbons (Fsp3) is 0.320. The molecule has 1 aliphatic heterocycles. The lowest BCUT2D eigenvalue weighted by Crippen LogP contribution is -2.33. The lowest BCUT2D eigenvalue weighted by atomic mass is 10.0. The molecule has 2 aromatic carbocycles. The molecular formula is C25H27ClFN5O3. The van der Waals surface area contributed by atoms with Gasteiger partial charge in [-0.3, -0.25) is 14.4 Å². The monoisotopic (exact) mass is 499 g/mol. The number of amides is 2. The Hall–Kier alpha value is -3.43. The van der Waals surface area contributed by atoms with Crippen LogP contribution in [-0.2, 0) is 29.7 Å². The maximum atomic E-state index is 15.0. The van der Waals surface area contributed by atoms with Crippen molar-refractivity contribution < 1.29 is 18.7 Å². The number of carbonyl (C=O) groups excluding carboxylic acids is 2. The third-order valence-corrected chi connectivity index (χ3v) is 6.36. The fourth-order valence-electron chi connectivity index (χ4n) is 4.01. The summed E-state index contributed by atoms with van der Waals surface area (Å²) in [5.74, 6) is -0.641. The number of benzene rings is 2. The average molecular weight is 500 g/mol. The molecule has 1 fully saturated rings. The highest BCUT2D eigenvalue weighted by molar-refractivity contribution is 6.30. The van der Waals surface area contributed by atoms with Crippen LogP contribution < -0.4 is 15.5 Å². The molecule has 2 amide bonds. The van der Waals surface area contributed by atoms with Crippen LogP contribution in [0.15, 0.2) is 42.5 Å². The first-order valence-corrected chi connectivity index (χ1v) is 11.6. The highest BCUT2D eigenvalue weighted by Crippen LogP contribution is 2.29. The summed E-state index contributed by atoms with van der Waals surface area (Å²) in [7, 11) is 1.81. The van der Waals surface area contributed by atoms with Crippen LogP contribution in [0.3, 0.4) is 0 Å². The van der Waals surface area contributed by atoms with Crippen molar-refractivity contribution in [3.8, 4) is 11.1 Å². The van der Waals surface area contributed by atoms with Crippen molar-refractivity contribution in [2.45, 2.75) is 33.0 Å². The maximum absolute atomic E-state index is 15.0. The molecule has 1 aliphatic rings. The second-order valence-electron chi connectivity index (χ2n) is 8.50. The van der Waals surface area contributed by atoms with Crippen molar-refractivity contribution in [1.82, 2.24) is 20.4 Å². The number of hydrogen-bond donors (Lipinski definition) is 2. The van der Waals surface area contributed by atoms with Crippen LogP contribution in [0.2, 0.25) is 5.15 Å². The summed E-state index contributed by atoms with van der Waals surface area (Å²) in [5, 5.41) is 10.9. The summed E-state index contributed by atoms with van der Waals surface area (Å²) in [6.07, 6.45) is -1.04. The summed E-state index contributed by atoms with van der Waals surface area (Å²) in [6.45, 7) is 5.00. The lowest BCUT2D eigenvalue weighted by molar-refractivity contribution is -0.119. The van der Waals surface area contributed by atoms with Gasteiger partial charge in [0.05, 0.1) is 24.5 Å². The second kappa shape index (κ2) is 10.5. The number of rotatable bonds is 8. The van der Waals surface area contributed by atoms with Crippen molar-refractivity contribution >= 4 is 29.3 Å². The van der Waals surface area contributed by atoms with Gasteiger partial charge in [-0.05, 0) is 36.2 Å². The number of aromatic nitrogens is 2. The van der Waals surface area contributed by atoms with Crippen LogP contribution in [0.25, 0.3) is 11.1 Å². The number of anilines is 1. The quantitative estimate of drug-likeness (QED) is 0.490. The molecule has 0 radical (unpaired) electrons. The Morgan fingerprint density at radius 1 is 1.23 bits per heavy atom. The summed E-state index contributed by atoms with van der Waals surface area (Å²) < 4.78 is 21.9. The van der Waals surface area contributed by atoms with E-state index in [0.29, 0.717) is 29.5 Å². The van der Waals surface area contributed by atoms with E-state index in [1.807, 2.05) is 38.2 Å². The molecule has 35 heavy (non-hydrogen) atoms. The van der Waals surface area contributed by atoms with Crippen LogP contribution in [0.5, 0.6) is 0 Å². The first kappa shape index (κ1) is 24.7. The summed E-state index contributed by atoms with van der Waals surface area (Å²) in [4.78, 5) is 24.6. The number of carbonyl (C=O) groups is 2. The molecule has 1 atom stereocenters. The summed E-state index contributed by atoms with van der Waals surface area (Å²) in [5.41, 5.74) is 4.49. The van der Waals surface area contributed by atoms with Gasteiger partial charge >= 0.3 is 6.09 Å². The first-order chi connectivity index (χ1) is 16.7. The van der Waals surface area contributed by atoms with E-state index in [4.69, 9.17) is 16.3 Å². The topological polar surface area (TPSA) is 88.5 Å². The minimum Gasteiger partial charge on any atom is -0.442 e. The largest absolute Gasteiger partial charge is 0.442 e. The Morgan fingerprint density at radius 3 is 2.60 bits per heavy atom. The van der Waals surface area contributed by atoms with Crippen molar-refractivity contribution in [3.63, 3.8) is 0 Å². The van der Waals surface area contributed by atoms with Gasteiger partial charge in [-0.25, -0.2) is 9.18 Å². The Labute approximate surface area is 208 Å². The molecule has 0 bridgehead atoms. The SMILES string of the molecule is CC(=O)NCC1CN(c2ccc(-c3ccc(CNCc4c(C)nn(C)c4Cl)cc3)c(F)c2)C(=O)O1. The second-order valence-corrected chi connectivity index (χ2v) is 8.85. The van der Waals surface area contributed by atoms with Gasteiger partial charge in [0, 0.05) is 38.2 Å². The molecule has 2 heterocycles. The summed E-state index contributed by atoms with van der Waals surface area (Å²) >= 11 is 6.27. The van der Waals surface area contributed by atoms with E-state index < -0.39 is 18.0 Å². The number of cyclic esters (lactones) is 1. The molecule has 1 saturated heterocycles. The predicted octanol–water partition coefficient (Wildman–Crippen LogP) is 3.94. The van der Waals surface area contributed by atoms with E-state index in [-0.39, 0.29) is 19.0 Å². The predicted molar refractivity (Wildman–Crippen MR) is 132 cm³/mol. The van der Waals surface area contributed by atoms with Crippen LogP contribution in [0.4, 0.5) is 14.9 Å². The normalized spacial score (nSPS) is 15.4. The van der Waals surface area contributed by atoms with E-state index in [1.165, 1.54) is 17.9 Å². The van der Waals surface area contributed by atoms with Gasteiger partial charge in [-0.2, -0.15) is 5.10 Å². The lowest BCUT2D eigenvalue weighted by Gasteiger charge is -2.15. The zero-order valence-electron chi connectivity index (χ0n) is 19.8. The average Bonchev–Trinajstić information content (AvgIpc) is 3.31. The van der Waals surface area contributed by atoms with E-state index in [0.717, 1.165) is 22.4 Å². The van der Waals surface area contributed by atoms with Crippen LogP contribution in [0, 0.1) is 12.7 Å². The number of nitrogens with one attached hydrogen (secondary N) is 2. The van der Waals surface area contributed by atoms with Gasteiger partial charge < -0.3 is 15.4 Å². The minimum atomic E-state index is -0.563. The van der Waals surface area contributed by atoms with Crippen molar-refractivity contribution in [2.75, 3.05) is 18.0 Å². The number of nitrogens with zero attached hydrogens (tertiary/aromatic N) is 3. The standard InChI is InChI=1S/C25H27ClFN5O3/c1-15-22(24(26)31(3)30-15)13-28-11-17-4-6-18(7-5-17)21-9-8-19(10-23(21)27)32-14-20(35-25(32)34)12-29-16(2)33/h4-10,20,28H,11-14H2,1-3H3,(H,29,33). The van der Waals surface area contributed by atoms with Crippen molar-refractivity contribution in [3.05, 3.63) is 70.3 Å². The highest BCUT2D eigenvalue weighted by atomic mass is 35.5. The van der Waals surface area contributed by atoms with Crippen LogP contribution >= 0.6 is 11.6 Å². The minimum absolute atomic E-state index is 0.204. The Balaban J connectivity index is 1.38. The zero-order valence-corrected chi connectivity index (χ0v) is 20.5.